The minimum absolute atomic E-state index is 0.0333. The maximum atomic E-state index is 12.2. The average molecular weight is 328 g/mol. The summed E-state index contributed by atoms with van der Waals surface area (Å²) < 4.78 is 26.6. The van der Waals surface area contributed by atoms with Crippen LogP contribution in [-0.2, 0) is 19.6 Å². The summed E-state index contributed by atoms with van der Waals surface area (Å²) >= 11 is 0. The van der Waals surface area contributed by atoms with Crippen molar-refractivity contribution in [3.8, 4) is 0 Å². The van der Waals surface area contributed by atoms with Gasteiger partial charge in [0.1, 0.15) is 6.04 Å². The highest BCUT2D eigenvalue weighted by molar-refractivity contribution is 7.89. The minimum atomic E-state index is -3.94. The predicted octanol–water partition coefficient (Wildman–Crippen LogP) is 1.42. The van der Waals surface area contributed by atoms with Gasteiger partial charge in [-0.25, -0.2) is 8.42 Å². The van der Waals surface area contributed by atoms with Gasteiger partial charge >= 0.3 is 5.97 Å². The predicted molar refractivity (Wildman–Crippen MR) is 81.9 cm³/mol. The summed E-state index contributed by atoms with van der Waals surface area (Å²) in [5.74, 6) is -1.45. The first-order chi connectivity index (χ1) is 10.1. The van der Waals surface area contributed by atoms with Crippen LogP contribution < -0.4 is 10.0 Å². The number of hydrogen-bond donors (Lipinski definition) is 3. The van der Waals surface area contributed by atoms with Crippen LogP contribution in [0.4, 0.5) is 5.69 Å². The van der Waals surface area contributed by atoms with Crippen molar-refractivity contribution in [2.24, 2.45) is 5.92 Å². The van der Waals surface area contributed by atoms with Gasteiger partial charge in [-0.15, -0.1) is 0 Å². The fourth-order valence-electron chi connectivity index (χ4n) is 1.85. The summed E-state index contributed by atoms with van der Waals surface area (Å²) in [5, 5.41) is 11.6. The average Bonchev–Trinajstić information content (AvgIpc) is 2.36. The summed E-state index contributed by atoms with van der Waals surface area (Å²) in [6, 6.07) is 4.31. The fraction of sp³-hybridized carbons (Fsp3) is 0.429. The molecule has 0 aromatic heterocycles. The monoisotopic (exact) mass is 328 g/mol. The van der Waals surface area contributed by atoms with Gasteiger partial charge < -0.3 is 10.4 Å². The first kappa shape index (κ1) is 18.1. The fourth-order valence-corrected chi connectivity index (χ4v) is 3.05. The van der Waals surface area contributed by atoms with Crippen molar-refractivity contribution in [1.29, 1.82) is 0 Å². The minimum Gasteiger partial charge on any atom is -0.480 e. The van der Waals surface area contributed by atoms with Crippen LogP contribution in [0.5, 0.6) is 0 Å². The highest BCUT2D eigenvalue weighted by Gasteiger charge is 2.26. The molecular formula is C14H20N2O5S. The van der Waals surface area contributed by atoms with E-state index in [0.29, 0.717) is 5.69 Å². The van der Waals surface area contributed by atoms with Crippen LogP contribution in [-0.4, -0.2) is 31.4 Å². The molecule has 7 nitrogen and oxygen atoms in total. The van der Waals surface area contributed by atoms with E-state index in [4.69, 9.17) is 5.11 Å². The molecule has 1 atom stereocenters. The number of aliphatic carboxylic acids is 1. The summed E-state index contributed by atoms with van der Waals surface area (Å²) in [5.41, 5.74) is 0.461. The molecule has 8 heteroatoms. The Kier molecular flexibility index (Phi) is 6.07. The Bertz CT molecular complexity index is 638. The molecule has 0 spiro atoms. The third-order valence-electron chi connectivity index (χ3n) is 2.79. The molecule has 1 amide bonds. The molecule has 1 rings (SSSR count). The zero-order valence-corrected chi connectivity index (χ0v) is 13.5. The Morgan fingerprint density at radius 1 is 1.18 bits per heavy atom. The number of carboxylic acids is 1. The maximum absolute atomic E-state index is 12.2. The molecule has 0 saturated heterocycles. The molecule has 22 heavy (non-hydrogen) atoms. The summed E-state index contributed by atoms with van der Waals surface area (Å²) in [6.07, 6.45) is 0.193. The standard InChI is InChI=1S/C14H20N2O5S/c1-9(2)8-13(14(18)19)16-22(20,21)12-6-4-11(5-7-12)15-10(3)17/h4-7,9,13,16H,8H2,1-3H3,(H,15,17)(H,18,19). The topological polar surface area (TPSA) is 113 Å². The van der Waals surface area contributed by atoms with Crippen LogP contribution in [0.25, 0.3) is 0 Å². The molecule has 1 aromatic carbocycles. The lowest BCUT2D eigenvalue weighted by molar-refractivity contribution is -0.139. The number of carboxylic acid groups (broad SMARTS) is 1. The van der Waals surface area contributed by atoms with E-state index in [-0.39, 0.29) is 23.1 Å². The zero-order chi connectivity index (χ0) is 16.9. The molecule has 0 aliphatic heterocycles. The maximum Gasteiger partial charge on any atom is 0.321 e. The van der Waals surface area contributed by atoms with E-state index in [1.807, 2.05) is 13.8 Å². The van der Waals surface area contributed by atoms with Gasteiger partial charge in [0.05, 0.1) is 4.90 Å². The molecule has 0 aliphatic rings. The van der Waals surface area contributed by atoms with Gasteiger partial charge in [-0.3, -0.25) is 9.59 Å². The highest BCUT2D eigenvalue weighted by atomic mass is 32.2. The Labute approximate surface area is 129 Å². The Balaban J connectivity index is 2.93. The SMILES string of the molecule is CC(=O)Nc1ccc(S(=O)(=O)NC(CC(C)C)C(=O)O)cc1. The number of amides is 1. The molecule has 1 aromatic rings. The Morgan fingerprint density at radius 2 is 1.73 bits per heavy atom. The second-order valence-corrected chi connectivity index (χ2v) is 7.06. The van der Waals surface area contributed by atoms with Crippen molar-refractivity contribution in [3.63, 3.8) is 0 Å². The van der Waals surface area contributed by atoms with E-state index < -0.39 is 22.0 Å². The molecule has 0 aliphatic carbocycles. The van der Waals surface area contributed by atoms with Gasteiger partial charge in [0.2, 0.25) is 15.9 Å². The molecule has 122 valence electrons. The number of benzene rings is 1. The highest BCUT2D eigenvalue weighted by Crippen LogP contribution is 2.15. The van der Waals surface area contributed by atoms with E-state index in [1.54, 1.807) is 0 Å². The second-order valence-electron chi connectivity index (χ2n) is 5.35. The van der Waals surface area contributed by atoms with Gasteiger partial charge in [0.15, 0.2) is 0 Å². The van der Waals surface area contributed by atoms with Crippen LogP contribution >= 0.6 is 0 Å². The number of anilines is 1. The van der Waals surface area contributed by atoms with Crippen LogP contribution in [0, 0.1) is 5.92 Å². The summed E-state index contributed by atoms with van der Waals surface area (Å²) in [4.78, 5) is 22.0. The van der Waals surface area contributed by atoms with Crippen LogP contribution in [0.1, 0.15) is 27.2 Å². The number of sulfonamides is 1. The molecule has 0 fully saturated rings. The number of carbonyl (C=O) groups excluding carboxylic acids is 1. The summed E-state index contributed by atoms with van der Waals surface area (Å²) in [6.45, 7) is 4.97. The van der Waals surface area contributed by atoms with Crippen molar-refractivity contribution in [1.82, 2.24) is 4.72 Å². The largest absolute Gasteiger partial charge is 0.480 e. The van der Waals surface area contributed by atoms with Crippen molar-refractivity contribution >= 4 is 27.6 Å². The number of nitrogens with one attached hydrogen (secondary N) is 2. The van der Waals surface area contributed by atoms with Crippen molar-refractivity contribution in [2.75, 3.05) is 5.32 Å². The lowest BCUT2D eigenvalue weighted by Gasteiger charge is -2.16. The van der Waals surface area contributed by atoms with E-state index in [0.717, 1.165) is 0 Å². The summed E-state index contributed by atoms with van der Waals surface area (Å²) in [7, 11) is -3.94. The first-order valence-corrected chi connectivity index (χ1v) is 8.23. The lowest BCUT2D eigenvalue weighted by Crippen LogP contribution is -2.41. The zero-order valence-electron chi connectivity index (χ0n) is 12.7. The third-order valence-corrected chi connectivity index (χ3v) is 4.28. The molecular weight excluding hydrogens is 308 g/mol. The van der Waals surface area contributed by atoms with Crippen LogP contribution in [0.15, 0.2) is 29.2 Å². The first-order valence-electron chi connectivity index (χ1n) is 6.74. The number of carbonyl (C=O) groups is 2. The van der Waals surface area contributed by atoms with Crippen molar-refractivity contribution < 1.29 is 23.1 Å². The van der Waals surface area contributed by atoms with Gasteiger partial charge in [0.25, 0.3) is 0 Å². The second kappa shape index (κ2) is 7.37. The van der Waals surface area contributed by atoms with Gasteiger partial charge in [0, 0.05) is 12.6 Å². The van der Waals surface area contributed by atoms with Crippen molar-refractivity contribution in [3.05, 3.63) is 24.3 Å². The van der Waals surface area contributed by atoms with Crippen LogP contribution in [0.3, 0.4) is 0 Å². The van der Waals surface area contributed by atoms with E-state index in [2.05, 4.69) is 10.0 Å². The lowest BCUT2D eigenvalue weighted by atomic mass is 10.1. The van der Waals surface area contributed by atoms with E-state index in [1.165, 1.54) is 31.2 Å². The van der Waals surface area contributed by atoms with Gasteiger partial charge in [-0.05, 0) is 36.6 Å². The van der Waals surface area contributed by atoms with Gasteiger partial charge in [-0.1, -0.05) is 13.8 Å². The van der Waals surface area contributed by atoms with Gasteiger partial charge in [-0.2, -0.15) is 4.72 Å². The van der Waals surface area contributed by atoms with E-state index in [9.17, 15) is 18.0 Å². The molecule has 0 bridgehead atoms. The molecule has 0 heterocycles. The van der Waals surface area contributed by atoms with Crippen LogP contribution in [0.2, 0.25) is 0 Å². The smallest absolute Gasteiger partial charge is 0.321 e. The quantitative estimate of drug-likeness (QED) is 0.701. The Hall–Kier alpha value is -1.93. The number of hydrogen-bond acceptors (Lipinski definition) is 4. The normalized spacial score (nSPS) is 12.9. The molecule has 3 N–H and O–H groups in total. The number of rotatable bonds is 7. The van der Waals surface area contributed by atoms with Crippen molar-refractivity contribution in [2.45, 2.75) is 38.1 Å². The third kappa shape index (κ3) is 5.45. The molecule has 1 unspecified atom stereocenters. The van der Waals surface area contributed by atoms with E-state index >= 15 is 0 Å². The molecule has 0 radical (unpaired) electrons. The molecule has 0 saturated carbocycles. The Morgan fingerprint density at radius 3 is 2.14 bits per heavy atom.